The van der Waals surface area contributed by atoms with Gasteiger partial charge in [-0.15, -0.1) is 0 Å². The summed E-state index contributed by atoms with van der Waals surface area (Å²) < 4.78 is 5.16. The van der Waals surface area contributed by atoms with Crippen LogP contribution in [0.2, 0.25) is 0 Å². The van der Waals surface area contributed by atoms with Crippen molar-refractivity contribution in [1.82, 2.24) is 5.32 Å². The monoisotopic (exact) mass is 207 g/mol. The van der Waals surface area contributed by atoms with Gasteiger partial charge in [-0.05, 0) is 30.7 Å². The third-order valence-corrected chi connectivity index (χ3v) is 2.39. The molecule has 4 heteroatoms. The molecule has 4 nitrogen and oxygen atoms in total. The molecule has 1 unspecified atom stereocenters. The molecule has 1 aliphatic rings. The quantitative estimate of drug-likeness (QED) is 0.757. The third kappa shape index (κ3) is 2.47. The van der Waals surface area contributed by atoms with Crippen LogP contribution >= 0.6 is 0 Å². The molecule has 1 amide bonds. The van der Waals surface area contributed by atoms with E-state index in [1.807, 2.05) is 0 Å². The first-order valence-electron chi connectivity index (χ1n) is 4.93. The lowest BCUT2D eigenvalue weighted by Gasteiger charge is -2.10. The number of phenols is 1. The van der Waals surface area contributed by atoms with E-state index in [4.69, 9.17) is 9.84 Å². The normalized spacial score (nSPS) is 20.1. The summed E-state index contributed by atoms with van der Waals surface area (Å²) in [7, 11) is 0. The van der Waals surface area contributed by atoms with Gasteiger partial charge < -0.3 is 15.2 Å². The third-order valence-electron chi connectivity index (χ3n) is 2.39. The zero-order valence-electron chi connectivity index (χ0n) is 8.27. The van der Waals surface area contributed by atoms with Crippen LogP contribution in [0.4, 0.5) is 0 Å². The fourth-order valence-electron chi connectivity index (χ4n) is 1.53. The van der Waals surface area contributed by atoms with Gasteiger partial charge in [-0.25, -0.2) is 0 Å². The maximum absolute atomic E-state index is 11.7. The number of carbonyl (C=O) groups excluding carboxylic acids is 1. The minimum atomic E-state index is -0.120. The number of carbonyl (C=O) groups is 1. The number of hydrogen-bond donors (Lipinski definition) is 2. The van der Waals surface area contributed by atoms with E-state index in [0.717, 1.165) is 6.42 Å². The van der Waals surface area contributed by atoms with Crippen molar-refractivity contribution in [2.24, 2.45) is 0 Å². The second-order valence-electron chi connectivity index (χ2n) is 3.58. The summed E-state index contributed by atoms with van der Waals surface area (Å²) in [4.78, 5) is 11.7. The maximum atomic E-state index is 11.7. The van der Waals surface area contributed by atoms with Crippen molar-refractivity contribution in [3.05, 3.63) is 29.8 Å². The van der Waals surface area contributed by atoms with E-state index in [0.29, 0.717) is 18.8 Å². The average Bonchev–Trinajstić information content (AvgIpc) is 2.71. The highest BCUT2D eigenvalue weighted by Gasteiger charge is 2.18. The van der Waals surface area contributed by atoms with Crippen molar-refractivity contribution in [2.45, 2.75) is 12.5 Å². The van der Waals surface area contributed by atoms with Crippen molar-refractivity contribution >= 4 is 5.91 Å². The molecule has 0 saturated carbocycles. The first-order chi connectivity index (χ1) is 7.25. The first kappa shape index (κ1) is 9.98. The minimum Gasteiger partial charge on any atom is -0.508 e. The van der Waals surface area contributed by atoms with E-state index in [2.05, 4.69) is 5.32 Å². The van der Waals surface area contributed by atoms with Crippen LogP contribution in [0.3, 0.4) is 0 Å². The molecule has 1 atom stereocenters. The van der Waals surface area contributed by atoms with Gasteiger partial charge in [0, 0.05) is 12.2 Å². The van der Waals surface area contributed by atoms with Crippen molar-refractivity contribution in [1.29, 1.82) is 0 Å². The van der Waals surface area contributed by atoms with Crippen molar-refractivity contribution < 1.29 is 14.6 Å². The zero-order chi connectivity index (χ0) is 10.7. The van der Waals surface area contributed by atoms with Crippen molar-refractivity contribution in [3.63, 3.8) is 0 Å². The fourth-order valence-corrected chi connectivity index (χ4v) is 1.53. The standard InChI is InChI=1S/C11H13NO3/c13-10-3-1-8(2-4-10)11(14)12-9-5-6-15-7-9/h1-4,9,13H,5-7H2,(H,12,14). The number of benzene rings is 1. The van der Waals surface area contributed by atoms with Crippen LogP contribution < -0.4 is 5.32 Å². The molecule has 2 N–H and O–H groups in total. The fraction of sp³-hybridized carbons (Fsp3) is 0.364. The Labute approximate surface area is 87.9 Å². The molecule has 15 heavy (non-hydrogen) atoms. The van der Waals surface area contributed by atoms with Gasteiger partial charge in [0.1, 0.15) is 5.75 Å². The SMILES string of the molecule is O=C(NC1CCOC1)c1ccc(O)cc1. The van der Waals surface area contributed by atoms with Gasteiger partial charge >= 0.3 is 0 Å². The number of nitrogens with one attached hydrogen (secondary N) is 1. The lowest BCUT2D eigenvalue weighted by molar-refractivity contribution is 0.0930. The number of amides is 1. The average molecular weight is 207 g/mol. The van der Waals surface area contributed by atoms with Gasteiger partial charge in [-0.1, -0.05) is 0 Å². The lowest BCUT2D eigenvalue weighted by Crippen LogP contribution is -2.34. The highest BCUT2D eigenvalue weighted by Crippen LogP contribution is 2.10. The number of phenolic OH excluding ortho intramolecular Hbond substituents is 1. The van der Waals surface area contributed by atoms with E-state index < -0.39 is 0 Å². The van der Waals surface area contributed by atoms with Crippen LogP contribution in [-0.4, -0.2) is 30.3 Å². The van der Waals surface area contributed by atoms with E-state index in [1.54, 1.807) is 12.1 Å². The Morgan fingerprint density at radius 2 is 2.13 bits per heavy atom. The number of rotatable bonds is 2. The number of ether oxygens (including phenoxy) is 1. The van der Waals surface area contributed by atoms with Gasteiger partial charge in [-0.3, -0.25) is 4.79 Å². The predicted molar refractivity (Wildman–Crippen MR) is 54.8 cm³/mol. The number of aromatic hydroxyl groups is 1. The molecular formula is C11H13NO3. The summed E-state index contributed by atoms with van der Waals surface area (Å²) in [6.07, 6.45) is 0.865. The summed E-state index contributed by atoms with van der Waals surface area (Å²) in [5, 5.41) is 11.9. The smallest absolute Gasteiger partial charge is 0.251 e. The Balaban J connectivity index is 1.98. The number of hydrogen-bond acceptors (Lipinski definition) is 3. The van der Waals surface area contributed by atoms with E-state index in [1.165, 1.54) is 12.1 Å². The van der Waals surface area contributed by atoms with Crippen LogP contribution in [-0.2, 0) is 4.74 Å². The van der Waals surface area contributed by atoms with Crippen LogP contribution in [0.1, 0.15) is 16.8 Å². The molecule has 80 valence electrons. The van der Waals surface area contributed by atoms with Gasteiger partial charge in [0.25, 0.3) is 5.91 Å². The molecular weight excluding hydrogens is 194 g/mol. The molecule has 1 aromatic carbocycles. The molecule has 0 radical (unpaired) electrons. The highest BCUT2D eigenvalue weighted by atomic mass is 16.5. The largest absolute Gasteiger partial charge is 0.508 e. The molecule has 0 aromatic heterocycles. The zero-order valence-corrected chi connectivity index (χ0v) is 8.27. The Hall–Kier alpha value is -1.55. The summed E-state index contributed by atoms with van der Waals surface area (Å²) in [5.74, 6) is 0.0428. The predicted octanol–water partition coefficient (Wildman–Crippen LogP) is 0.911. The Bertz CT molecular complexity index is 341. The summed E-state index contributed by atoms with van der Waals surface area (Å²) in [5.41, 5.74) is 0.555. The molecule has 0 spiro atoms. The summed E-state index contributed by atoms with van der Waals surface area (Å²) in [6, 6.07) is 6.31. The molecule has 2 rings (SSSR count). The maximum Gasteiger partial charge on any atom is 0.251 e. The van der Waals surface area contributed by atoms with Gasteiger partial charge in [-0.2, -0.15) is 0 Å². The first-order valence-corrected chi connectivity index (χ1v) is 4.93. The molecule has 1 aliphatic heterocycles. The van der Waals surface area contributed by atoms with Crippen LogP contribution in [0.5, 0.6) is 5.75 Å². The highest BCUT2D eigenvalue weighted by molar-refractivity contribution is 5.94. The molecule has 1 aromatic rings. The summed E-state index contributed by atoms with van der Waals surface area (Å²) in [6.45, 7) is 1.30. The Kier molecular flexibility index (Phi) is 2.87. The van der Waals surface area contributed by atoms with Gasteiger partial charge in [0.15, 0.2) is 0 Å². The van der Waals surface area contributed by atoms with Gasteiger partial charge in [0.2, 0.25) is 0 Å². The van der Waals surface area contributed by atoms with Gasteiger partial charge in [0.05, 0.1) is 12.6 Å². The van der Waals surface area contributed by atoms with Crippen molar-refractivity contribution in [2.75, 3.05) is 13.2 Å². The Morgan fingerprint density at radius 3 is 2.73 bits per heavy atom. The molecule has 0 aliphatic carbocycles. The van der Waals surface area contributed by atoms with E-state index in [-0.39, 0.29) is 17.7 Å². The summed E-state index contributed by atoms with van der Waals surface area (Å²) >= 11 is 0. The van der Waals surface area contributed by atoms with E-state index in [9.17, 15) is 4.79 Å². The minimum absolute atomic E-state index is 0.117. The molecule has 1 fully saturated rings. The molecule has 1 heterocycles. The lowest BCUT2D eigenvalue weighted by atomic mass is 10.2. The second-order valence-corrected chi connectivity index (χ2v) is 3.58. The molecule has 1 saturated heterocycles. The topological polar surface area (TPSA) is 58.6 Å². The molecule has 0 bridgehead atoms. The Morgan fingerprint density at radius 1 is 1.40 bits per heavy atom. The van der Waals surface area contributed by atoms with E-state index >= 15 is 0 Å². The van der Waals surface area contributed by atoms with Crippen LogP contribution in [0, 0.1) is 0 Å². The van der Waals surface area contributed by atoms with Crippen LogP contribution in [0.15, 0.2) is 24.3 Å². The van der Waals surface area contributed by atoms with Crippen molar-refractivity contribution in [3.8, 4) is 5.75 Å². The van der Waals surface area contributed by atoms with Crippen LogP contribution in [0.25, 0.3) is 0 Å². The second kappa shape index (κ2) is 4.31.